The summed E-state index contributed by atoms with van der Waals surface area (Å²) >= 11 is 12.7. The first-order valence-corrected chi connectivity index (χ1v) is 15.2. The van der Waals surface area contributed by atoms with Crippen LogP contribution in [0.15, 0.2) is 103 Å². The number of benzene rings is 4. The van der Waals surface area contributed by atoms with E-state index in [4.69, 9.17) is 27.9 Å². The average molecular weight is 624 g/mol. The maximum atomic E-state index is 13.6. The van der Waals surface area contributed by atoms with E-state index in [1.54, 1.807) is 40.0 Å². The Morgan fingerprint density at radius 1 is 0.818 bits per heavy atom. The highest BCUT2D eigenvalue weighted by molar-refractivity contribution is 6.36. The number of ether oxygens (including phenoxy) is 1. The van der Waals surface area contributed by atoms with Crippen LogP contribution in [0, 0.1) is 0 Å². The van der Waals surface area contributed by atoms with Gasteiger partial charge in [0, 0.05) is 46.9 Å². The van der Waals surface area contributed by atoms with Gasteiger partial charge in [-0.2, -0.15) is 5.10 Å². The second-order valence-electron chi connectivity index (χ2n) is 11.0. The normalized spacial score (nSPS) is 15.3. The van der Waals surface area contributed by atoms with Crippen LogP contribution in [0.5, 0.6) is 0 Å². The molecule has 4 aromatic carbocycles. The van der Waals surface area contributed by atoms with Crippen molar-refractivity contribution in [1.82, 2.24) is 14.7 Å². The largest absolute Gasteiger partial charge is 0.448 e. The SMILES string of the molecule is O=C(Nc1ccn(Cc2c(Cl)cccc2Cl)n1)C1CN(C(=O)OCC2c3ccccc3-c3ccccc32)Cc2ccccc21. The molecule has 0 saturated carbocycles. The van der Waals surface area contributed by atoms with Gasteiger partial charge in [0.05, 0.1) is 12.5 Å². The molecule has 0 bridgehead atoms. The van der Waals surface area contributed by atoms with E-state index in [0.717, 1.165) is 27.8 Å². The lowest BCUT2D eigenvalue weighted by Crippen LogP contribution is -2.42. The monoisotopic (exact) mass is 622 g/mol. The molecule has 0 radical (unpaired) electrons. The van der Waals surface area contributed by atoms with Crippen LogP contribution in [0.4, 0.5) is 10.6 Å². The average Bonchev–Trinajstić information content (AvgIpc) is 3.62. The van der Waals surface area contributed by atoms with E-state index in [9.17, 15) is 9.59 Å². The molecule has 9 heteroatoms. The van der Waals surface area contributed by atoms with Crippen LogP contribution in [0.2, 0.25) is 10.0 Å². The topological polar surface area (TPSA) is 76.5 Å². The first kappa shape index (κ1) is 28.2. The van der Waals surface area contributed by atoms with E-state index in [2.05, 4.69) is 34.7 Å². The number of hydrogen-bond donors (Lipinski definition) is 1. The number of anilines is 1. The van der Waals surface area contributed by atoms with Gasteiger partial charge >= 0.3 is 6.09 Å². The molecule has 7 nitrogen and oxygen atoms in total. The van der Waals surface area contributed by atoms with Crippen molar-refractivity contribution in [3.8, 4) is 11.1 Å². The number of nitrogens with one attached hydrogen (secondary N) is 1. The number of fused-ring (bicyclic) bond motifs is 4. The van der Waals surface area contributed by atoms with Crippen LogP contribution in [0.3, 0.4) is 0 Å². The predicted octanol–water partition coefficient (Wildman–Crippen LogP) is 7.73. The zero-order valence-electron chi connectivity index (χ0n) is 23.6. The van der Waals surface area contributed by atoms with Gasteiger partial charge in [0.25, 0.3) is 0 Å². The molecule has 0 saturated heterocycles. The van der Waals surface area contributed by atoms with E-state index >= 15 is 0 Å². The third kappa shape index (κ3) is 5.34. The molecule has 1 atom stereocenters. The number of hydrogen-bond acceptors (Lipinski definition) is 4. The third-order valence-corrected chi connectivity index (χ3v) is 9.09. The summed E-state index contributed by atoms with van der Waals surface area (Å²) in [6.07, 6.45) is 1.31. The van der Waals surface area contributed by atoms with Gasteiger partial charge in [-0.3, -0.25) is 9.48 Å². The van der Waals surface area contributed by atoms with Crippen molar-refractivity contribution in [3.63, 3.8) is 0 Å². The number of aromatic nitrogens is 2. The summed E-state index contributed by atoms with van der Waals surface area (Å²) in [6.45, 7) is 1.13. The van der Waals surface area contributed by atoms with Crippen molar-refractivity contribution in [3.05, 3.63) is 141 Å². The maximum Gasteiger partial charge on any atom is 0.410 e. The number of halogens is 2. The molecule has 44 heavy (non-hydrogen) atoms. The van der Waals surface area contributed by atoms with Gasteiger partial charge in [0.15, 0.2) is 5.82 Å². The summed E-state index contributed by atoms with van der Waals surface area (Å²) in [4.78, 5) is 28.7. The first-order chi connectivity index (χ1) is 21.5. The van der Waals surface area contributed by atoms with E-state index in [-0.39, 0.29) is 25.0 Å². The highest BCUT2D eigenvalue weighted by Gasteiger charge is 2.35. The fraction of sp³-hybridized carbons (Fsp3) is 0.171. The van der Waals surface area contributed by atoms with E-state index in [1.807, 2.05) is 48.5 Å². The number of rotatable bonds is 6. The van der Waals surface area contributed by atoms with E-state index < -0.39 is 12.0 Å². The summed E-state index contributed by atoms with van der Waals surface area (Å²) in [6, 6.07) is 31.2. The van der Waals surface area contributed by atoms with Gasteiger partial charge in [-0.1, -0.05) is 102 Å². The molecule has 1 N–H and O–H groups in total. The molecular formula is C35H28Cl2N4O3. The molecule has 220 valence electrons. The second kappa shape index (κ2) is 11.8. The minimum absolute atomic E-state index is 0.0433. The Hall–Kier alpha value is -4.59. The Kier molecular flexibility index (Phi) is 7.58. The standard InChI is InChI=1S/C35H28Cl2N4O3/c36-31-14-7-15-32(37)29(31)20-41-17-16-33(39-41)38-34(42)28-19-40(18-22-8-1-2-9-23(22)28)35(43)44-21-30-26-12-5-3-10-24(26)25-11-4-6-13-27(25)30/h1-17,28,30H,18-21H2,(H,38,39,42). The Morgan fingerprint density at radius 3 is 2.16 bits per heavy atom. The van der Waals surface area contributed by atoms with Crippen LogP contribution in [-0.4, -0.2) is 39.8 Å². The fourth-order valence-corrected chi connectivity index (χ4v) is 6.75. The van der Waals surface area contributed by atoms with Crippen molar-refractivity contribution < 1.29 is 14.3 Å². The molecule has 5 aromatic rings. The highest BCUT2D eigenvalue weighted by Crippen LogP contribution is 2.44. The van der Waals surface area contributed by atoms with Gasteiger partial charge in [0.1, 0.15) is 6.61 Å². The zero-order valence-corrected chi connectivity index (χ0v) is 25.1. The maximum absolute atomic E-state index is 13.6. The minimum atomic E-state index is -0.594. The fourth-order valence-electron chi connectivity index (χ4n) is 6.23. The van der Waals surface area contributed by atoms with Crippen LogP contribution < -0.4 is 5.32 Å². The van der Waals surface area contributed by atoms with Gasteiger partial charge in [-0.15, -0.1) is 0 Å². The van der Waals surface area contributed by atoms with Gasteiger partial charge < -0.3 is 15.0 Å². The highest BCUT2D eigenvalue weighted by atomic mass is 35.5. The Bertz CT molecular complexity index is 1820. The third-order valence-electron chi connectivity index (χ3n) is 8.38. The molecule has 2 aliphatic rings. The van der Waals surface area contributed by atoms with Crippen molar-refractivity contribution in [2.45, 2.75) is 24.9 Å². The van der Waals surface area contributed by atoms with Gasteiger partial charge in [0.2, 0.25) is 5.91 Å². The molecular weight excluding hydrogens is 595 g/mol. The lowest BCUT2D eigenvalue weighted by atomic mass is 9.89. The summed E-state index contributed by atoms with van der Waals surface area (Å²) in [5, 5.41) is 8.53. The first-order valence-electron chi connectivity index (χ1n) is 14.4. The molecule has 2 amide bonds. The van der Waals surface area contributed by atoms with Crippen molar-refractivity contribution in [2.75, 3.05) is 18.5 Å². The Morgan fingerprint density at radius 2 is 1.45 bits per heavy atom. The van der Waals surface area contributed by atoms with Gasteiger partial charge in [-0.25, -0.2) is 4.79 Å². The van der Waals surface area contributed by atoms with E-state index in [0.29, 0.717) is 29.0 Å². The predicted molar refractivity (Wildman–Crippen MR) is 171 cm³/mol. The summed E-state index contributed by atoms with van der Waals surface area (Å²) in [5.74, 6) is -0.495. The lowest BCUT2D eigenvalue weighted by Gasteiger charge is -2.33. The van der Waals surface area contributed by atoms with Crippen molar-refractivity contribution in [2.24, 2.45) is 0 Å². The number of nitrogens with zero attached hydrogens (tertiary/aromatic N) is 3. The van der Waals surface area contributed by atoms with Gasteiger partial charge in [-0.05, 0) is 45.5 Å². The smallest absolute Gasteiger partial charge is 0.410 e. The van der Waals surface area contributed by atoms with E-state index in [1.165, 1.54) is 11.1 Å². The molecule has 0 spiro atoms. The quantitative estimate of drug-likeness (QED) is 0.210. The van der Waals surface area contributed by atoms with Crippen molar-refractivity contribution in [1.29, 1.82) is 0 Å². The molecule has 7 rings (SSSR count). The van der Waals surface area contributed by atoms with Crippen LogP contribution >= 0.6 is 23.2 Å². The lowest BCUT2D eigenvalue weighted by molar-refractivity contribution is -0.118. The summed E-state index contributed by atoms with van der Waals surface area (Å²) < 4.78 is 7.60. The Balaban J connectivity index is 1.05. The minimum Gasteiger partial charge on any atom is -0.448 e. The number of amides is 2. The second-order valence-corrected chi connectivity index (χ2v) is 11.8. The zero-order chi connectivity index (χ0) is 30.2. The van der Waals surface area contributed by atoms with Crippen LogP contribution in [0.1, 0.15) is 39.7 Å². The molecule has 2 heterocycles. The Labute approximate surface area is 265 Å². The number of carbonyl (C=O) groups is 2. The molecule has 1 aliphatic heterocycles. The molecule has 1 aromatic heterocycles. The van der Waals surface area contributed by atoms with Crippen molar-refractivity contribution >= 4 is 41.0 Å². The number of carbonyl (C=O) groups excluding carboxylic acids is 2. The molecule has 1 unspecified atom stereocenters. The summed E-state index contributed by atoms with van der Waals surface area (Å²) in [7, 11) is 0. The van der Waals surface area contributed by atoms with Crippen LogP contribution in [-0.2, 0) is 22.6 Å². The molecule has 1 aliphatic carbocycles. The molecule has 0 fully saturated rings. The van der Waals surface area contributed by atoms with Crippen LogP contribution in [0.25, 0.3) is 11.1 Å². The summed E-state index contributed by atoms with van der Waals surface area (Å²) in [5.41, 5.74) is 7.19.